The van der Waals surface area contributed by atoms with Gasteiger partial charge in [-0.3, -0.25) is 0 Å². The predicted molar refractivity (Wildman–Crippen MR) is 85.2 cm³/mol. The van der Waals surface area contributed by atoms with E-state index >= 15 is 0 Å². The zero-order chi connectivity index (χ0) is 16.1. The summed E-state index contributed by atoms with van der Waals surface area (Å²) < 4.78 is 19.1. The van der Waals surface area contributed by atoms with Gasteiger partial charge < -0.3 is 9.42 Å². The van der Waals surface area contributed by atoms with Gasteiger partial charge in [-0.25, -0.2) is 4.39 Å². The van der Waals surface area contributed by atoms with E-state index in [1.807, 2.05) is 26.8 Å². The summed E-state index contributed by atoms with van der Waals surface area (Å²) in [6, 6.07) is 5.02. The van der Waals surface area contributed by atoms with Crippen molar-refractivity contribution in [3.8, 4) is 11.5 Å². The van der Waals surface area contributed by atoms with E-state index in [-0.39, 0.29) is 11.7 Å². The van der Waals surface area contributed by atoms with Gasteiger partial charge in [0, 0.05) is 5.92 Å². The van der Waals surface area contributed by atoms with Gasteiger partial charge in [-0.15, -0.1) is 0 Å². The number of rotatable bonds is 2. The Morgan fingerprint density at radius 3 is 2.55 bits per heavy atom. The van der Waals surface area contributed by atoms with Crippen molar-refractivity contribution in [2.75, 3.05) is 20.1 Å². The molecule has 1 fully saturated rings. The summed E-state index contributed by atoms with van der Waals surface area (Å²) in [5.41, 5.74) is 1.25. The number of halogens is 1. The number of aromatic nitrogens is 2. The van der Waals surface area contributed by atoms with Crippen LogP contribution in [0, 0.1) is 12.7 Å². The number of aryl methyl sites for hydroxylation is 1. The van der Waals surface area contributed by atoms with Crippen molar-refractivity contribution in [2.45, 2.75) is 39.5 Å². The molecule has 3 rings (SSSR count). The molecule has 0 spiro atoms. The second kappa shape index (κ2) is 7.49. The van der Waals surface area contributed by atoms with Gasteiger partial charge in [-0.2, -0.15) is 4.98 Å². The number of piperidine rings is 1. The van der Waals surface area contributed by atoms with Crippen LogP contribution in [-0.4, -0.2) is 35.2 Å². The van der Waals surface area contributed by atoms with Gasteiger partial charge in [-0.1, -0.05) is 25.1 Å². The maximum atomic E-state index is 13.9. The third kappa shape index (κ3) is 3.71. The molecule has 0 N–H and O–H groups in total. The zero-order valence-corrected chi connectivity index (χ0v) is 13.8. The monoisotopic (exact) mass is 305 g/mol. The highest BCUT2D eigenvalue weighted by atomic mass is 19.1. The first kappa shape index (κ1) is 16.6. The van der Waals surface area contributed by atoms with Crippen LogP contribution >= 0.6 is 0 Å². The molecule has 0 amide bonds. The van der Waals surface area contributed by atoms with Crippen LogP contribution in [0.25, 0.3) is 11.5 Å². The summed E-state index contributed by atoms with van der Waals surface area (Å²) >= 11 is 0. The minimum Gasteiger partial charge on any atom is -0.334 e. The lowest BCUT2D eigenvalue weighted by atomic mass is 9.96. The quantitative estimate of drug-likeness (QED) is 0.840. The third-order valence-corrected chi connectivity index (χ3v) is 3.88. The molecular formula is C17H24FN3O. The zero-order valence-electron chi connectivity index (χ0n) is 13.8. The van der Waals surface area contributed by atoms with Crippen LogP contribution in [0.1, 0.15) is 44.0 Å². The fourth-order valence-corrected chi connectivity index (χ4v) is 2.57. The van der Waals surface area contributed by atoms with Crippen LogP contribution in [0.4, 0.5) is 4.39 Å². The van der Waals surface area contributed by atoms with Gasteiger partial charge in [0.2, 0.25) is 0 Å². The molecule has 1 saturated heterocycles. The average Bonchev–Trinajstić information content (AvgIpc) is 2.99. The van der Waals surface area contributed by atoms with Gasteiger partial charge >= 0.3 is 0 Å². The first-order valence-corrected chi connectivity index (χ1v) is 7.92. The third-order valence-electron chi connectivity index (χ3n) is 3.88. The standard InChI is InChI=1S/C15H18FN3O.C2H6/c1-10-3-4-12(13(16)9-10)15-17-14(18-20-15)11-5-7-19(2)8-6-11;1-2/h3-4,9,11H,5-8H2,1-2H3;1-2H3. The van der Waals surface area contributed by atoms with E-state index in [0.717, 1.165) is 31.5 Å². The topological polar surface area (TPSA) is 42.2 Å². The lowest BCUT2D eigenvalue weighted by Crippen LogP contribution is -2.29. The van der Waals surface area contributed by atoms with Gasteiger partial charge in [0.1, 0.15) is 5.82 Å². The normalized spacial score (nSPS) is 16.2. The second-order valence-electron chi connectivity index (χ2n) is 5.52. The summed E-state index contributed by atoms with van der Waals surface area (Å²) in [6.45, 7) is 7.92. The Morgan fingerprint density at radius 2 is 1.91 bits per heavy atom. The number of likely N-dealkylation sites (tertiary alicyclic amines) is 1. The minimum atomic E-state index is -0.316. The lowest BCUT2D eigenvalue weighted by molar-refractivity contribution is 0.248. The molecule has 0 saturated carbocycles. The Balaban J connectivity index is 0.000000847. The van der Waals surface area contributed by atoms with Crippen LogP contribution < -0.4 is 0 Å². The molecule has 1 aromatic carbocycles. The Kier molecular flexibility index (Phi) is 5.66. The summed E-state index contributed by atoms with van der Waals surface area (Å²) in [6.07, 6.45) is 2.04. The van der Waals surface area contributed by atoms with Crippen LogP contribution in [0.5, 0.6) is 0 Å². The number of nitrogens with zero attached hydrogens (tertiary/aromatic N) is 3. The molecule has 2 heterocycles. The first-order chi connectivity index (χ1) is 10.6. The average molecular weight is 305 g/mol. The maximum Gasteiger partial charge on any atom is 0.260 e. The van der Waals surface area contributed by atoms with Crippen molar-refractivity contribution in [3.63, 3.8) is 0 Å². The fraction of sp³-hybridized carbons (Fsp3) is 0.529. The molecule has 1 aromatic heterocycles. The Labute approximate surface area is 131 Å². The van der Waals surface area contributed by atoms with E-state index in [9.17, 15) is 4.39 Å². The predicted octanol–water partition coefficient (Wildman–Crippen LogP) is 4.02. The largest absolute Gasteiger partial charge is 0.334 e. The van der Waals surface area contributed by atoms with Crippen molar-refractivity contribution in [1.82, 2.24) is 15.0 Å². The molecule has 22 heavy (non-hydrogen) atoms. The van der Waals surface area contributed by atoms with E-state index in [1.54, 1.807) is 6.07 Å². The van der Waals surface area contributed by atoms with E-state index in [1.165, 1.54) is 6.07 Å². The molecule has 1 aliphatic rings. The van der Waals surface area contributed by atoms with Crippen LogP contribution in [0.15, 0.2) is 22.7 Å². The summed E-state index contributed by atoms with van der Waals surface area (Å²) in [5.74, 6) is 0.977. The van der Waals surface area contributed by atoms with Crippen molar-refractivity contribution >= 4 is 0 Å². The van der Waals surface area contributed by atoms with E-state index in [0.29, 0.717) is 17.3 Å². The minimum absolute atomic E-state index is 0.274. The van der Waals surface area contributed by atoms with Gasteiger partial charge in [0.15, 0.2) is 5.82 Å². The van der Waals surface area contributed by atoms with Gasteiger partial charge in [0.25, 0.3) is 5.89 Å². The highest BCUT2D eigenvalue weighted by Crippen LogP contribution is 2.28. The maximum absolute atomic E-state index is 13.9. The fourth-order valence-electron chi connectivity index (χ4n) is 2.57. The molecule has 0 unspecified atom stereocenters. The van der Waals surface area contributed by atoms with Crippen molar-refractivity contribution in [2.24, 2.45) is 0 Å². The summed E-state index contributed by atoms with van der Waals surface area (Å²) in [5, 5.41) is 4.03. The number of hydrogen-bond acceptors (Lipinski definition) is 4. The lowest BCUT2D eigenvalue weighted by Gasteiger charge is -2.26. The van der Waals surface area contributed by atoms with E-state index in [4.69, 9.17) is 4.52 Å². The van der Waals surface area contributed by atoms with E-state index in [2.05, 4.69) is 22.1 Å². The van der Waals surface area contributed by atoms with Crippen LogP contribution in [-0.2, 0) is 0 Å². The number of hydrogen-bond donors (Lipinski definition) is 0. The molecule has 120 valence electrons. The van der Waals surface area contributed by atoms with Crippen molar-refractivity contribution in [1.29, 1.82) is 0 Å². The highest BCUT2D eigenvalue weighted by Gasteiger charge is 2.24. The molecular weight excluding hydrogens is 281 g/mol. The summed E-state index contributed by atoms with van der Waals surface area (Å²) in [4.78, 5) is 6.67. The Bertz CT molecular complexity index is 604. The molecule has 0 radical (unpaired) electrons. The number of benzene rings is 1. The van der Waals surface area contributed by atoms with Gasteiger partial charge in [-0.05, 0) is 57.6 Å². The van der Waals surface area contributed by atoms with Gasteiger partial charge in [0.05, 0.1) is 5.56 Å². The van der Waals surface area contributed by atoms with Crippen molar-refractivity contribution < 1.29 is 8.91 Å². The molecule has 1 aliphatic heterocycles. The van der Waals surface area contributed by atoms with Crippen LogP contribution in [0.2, 0.25) is 0 Å². The molecule has 4 nitrogen and oxygen atoms in total. The van der Waals surface area contributed by atoms with Crippen LogP contribution in [0.3, 0.4) is 0 Å². The Morgan fingerprint density at radius 1 is 1.23 bits per heavy atom. The first-order valence-electron chi connectivity index (χ1n) is 7.92. The highest BCUT2D eigenvalue weighted by molar-refractivity contribution is 5.54. The smallest absolute Gasteiger partial charge is 0.260 e. The van der Waals surface area contributed by atoms with E-state index < -0.39 is 0 Å². The second-order valence-corrected chi connectivity index (χ2v) is 5.52. The molecule has 2 aromatic rings. The molecule has 5 heteroatoms. The van der Waals surface area contributed by atoms with Crippen molar-refractivity contribution in [3.05, 3.63) is 35.4 Å². The summed E-state index contributed by atoms with van der Waals surface area (Å²) in [7, 11) is 2.11. The molecule has 0 bridgehead atoms. The SMILES string of the molecule is CC.Cc1ccc(-c2nc(C3CCN(C)CC3)no2)c(F)c1. The molecule has 0 atom stereocenters. The Hall–Kier alpha value is -1.75. The molecule has 0 aliphatic carbocycles.